The van der Waals surface area contributed by atoms with E-state index in [1.54, 1.807) is 14.1 Å². The summed E-state index contributed by atoms with van der Waals surface area (Å²) < 4.78 is 0. The van der Waals surface area contributed by atoms with Crippen LogP contribution in [0.25, 0.3) is 0 Å². The maximum atomic E-state index is 10.6. The molecule has 0 aromatic carbocycles. The summed E-state index contributed by atoms with van der Waals surface area (Å²) in [6, 6.07) is -1.000. The number of Topliss-reactive ketones (excluding diaryl/α,β-unsaturated/α-hetero) is 1. The molecule has 4 nitrogen and oxygen atoms in total. The second-order valence-electron chi connectivity index (χ2n) is 2.32. The van der Waals surface area contributed by atoms with Crippen molar-refractivity contribution in [2.24, 2.45) is 0 Å². The zero-order valence-electron chi connectivity index (χ0n) is 6.29. The van der Waals surface area contributed by atoms with Crippen molar-refractivity contribution < 1.29 is 14.7 Å². The molecule has 0 aromatic heterocycles. The van der Waals surface area contributed by atoms with Crippen LogP contribution in [-0.2, 0) is 9.59 Å². The molecule has 0 radical (unpaired) electrons. The van der Waals surface area contributed by atoms with Crippen LogP contribution in [0.4, 0.5) is 0 Å². The number of carboxylic acid groups (broad SMARTS) is 1. The van der Waals surface area contributed by atoms with Crippen LogP contribution in [0.2, 0.25) is 0 Å². The lowest BCUT2D eigenvalue weighted by molar-refractivity contribution is -0.146. The molecule has 0 saturated heterocycles. The van der Waals surface area contributed by atoms with Gasteiger partial charge in [0.2, 0.25) is 0 Å². The quantitative estimate of drug-likeness (QED) is 0.548. The van der Waals surface area contributed by atoms with E-state index in [1.165, 1.54) is 11.8 Å². The van der Waals surface area contributed by atoms with E-state index in [2.05, 4.69) is 0 Å². The van der Waals surface area contributed by atoms with Crippen molar-refractivity contribution in [3.05, 3.63) is 0 Å². The predicted octanol–water partition coefficient (Wildman–Crippen LogP) is -0.410. The zero-order chi connectivity index (χ0) is 8.31. The Kier molecular flexibility index (Phi) is 3.02. The van der Waals surface area contributed by atoms with Crippen LogP contribution in [0.15, 0.2) is 0 Å². The van der Waals surface area contributed by atoms with Gasteiger partial charge in [-0.2, -0.15) is 0 Å². The van der Waals surface area contributed by atoms with Gasteiger partial charge in [-0.1, -0.05) is 0 Å². The molecule has 58 valence electrons. The topological polar surface area (TPSA) is 57.6 Å². The van der Waals surface area contributed by atoms with Gasteiger partial charge in [0.15, 0.2) is 11.8 Å². The van der Waals surface area contributed by atoms with E-state index in [4.69, 9.17) is 5.11 Å². The van der Waals surface area contributed by atoms with Crippen molar-refractivity contribution in [2.75, 3.05) is 14.1 Å². The molecule has 4 heteroatoms. The predicted molar refractivity (Wildman–Crippen MR) is 35.8 cm³/mol. The van der Waals surface area contributed by atoms with Gasteiger partial charge >= 0.3 is 5.97 Å². The molecule has 1 atom stereocenters. The number of carbonyl (C=O) groups is 2. The van der Waals surface area contributed by atoms with E-state index < -0.39 is 12.0 Å². The lowest BCUT2D eigenvalue weighted by Gasteiger charge is -2.15. The SMILES string of the molecule is CC(=O)C(C(=O)O)N(C)C. The fourth-order valence-corrected chi connectivity index (χ4v) is 0.758. The first kappa shape index (κ1) is 9.10. The van der Waals surface area contributed by atoms with Crippen LogP contribution in [0.1, 0.15) is 6.92 Å². The number of carbonyl (C=O) groups excluding carboxylic acids is 1. The van der Waals surface area contributed by atoms with Gasteiger partial charge in [-0.05, 0) is 21.0 Å². The first-order chi connectivity index (χ1) is 4.46. The number of hydrogen-bond donors (Lipinski definition) is 1. The molecular formula is C6H11NO3. The molecule has 0 heterocycles. The highest BCUT2D eigenvalue weighted by Gasteiger charge is 2.24. The number of ketones is 1. The number of hydrogen-bond acceptors (Lipinski definition) is 3. The Labute approximate surface area is 59.4 Å². The largest absolute Gasteiger partial charge is 0.480 e. The van der Waals surface area contributed by atoms with Gasteiger partial charge in [-0.15, -0.1) is 0 Å². The molecule has 0 saturated carbocycles. The molecule has 0 rings (SSSR count). The van der Waals surface area contributed by atoms with Gasteiger partial charge < -0.3 is 5.11 Å². The number of carboxylic acids is 1. The first-order valence-corrected chi connectivity index (χ1v) is 2.86. The second kappa shape index (κ2) is 3.31. The highest BCUT2D eigenvalue weighted by molar-refractivity contribution is 6.00. The normalized spacial score (nSPS) is 13.2. The van der Waals surface area contributed by atoms with Gasteiger partial charge in [0, 0.05) is 0 Å². The monoisotopic (exact) mass is 145 g/mol. The van der Waals surface area contributed by atoms with Crippen molar-refractivity contribution >= 4 is 11.8 Å². The lowest BCUT2D eigenvalue weighted by Crippen LogP contribution is -2.41. The average Bonchev–Trinajstić information content (AvgIpc) is 1.59. The summed E-state index contributed by atoms with van der Waals surface area (Å²) in [7, 11) is 3.11. The molecule has 0 spiro atoms. The number of rotatable bonds is 3. The standard InChI is InChI=1S/C6H11NO3/c1-4(8)5(6(9)10)7(2)3/h5H,1-3H3,(H,9,10). The van der Waals surface area contributed by atoms with Crippen molar-refractivity contribution in [3.8, 4) is 0 Å². The third kappa shape index (κ3) is 2.14. The highest BCUT2D eigenvalue weighted by Crippen LogP contribution is 1.93. The maximum absolute atomic E-state index is 10.6. The summed E-state index contributed by atoms with van der Waals surface area (Å²) in [5.74, 6) is -1.45. The van der Waals surface area contributed by atoms with E-state index in [1.807, 2.05) is 0 Å². The van der Waals surface area contributed by atoms with Crippen LogP contribution in [0.3, 0.4) is 0 Å². The number of likely N-dealkylation sites (N-methyl/N-ethyl adjacent to an activating group) is 1. The maximum Gasteiger partial charge on any atom is 0.328 e. The van der Waals surface area contributed by atoms with Gasteiger partial charge in [0.25, 0.3) is 0 Å². The lowest BCUT2D eigenvalue weighted by atomic mass is 10.2. The first-order valence-electron chi connectivity index (χ1n) is 2.86. The van der Waals surface area contributed by atoms with Crippen LogP contribution in [0.5, 0.6) is 0 Å². The van der Waals surface area contributed by atoms with Gasteiger partial charge in [0.1, 0.15) is 0 Å². The Balaban J connectivity index is 4.27. The van der Waals surface area contributed by atoms with E-state index >= 15 is 0 Å². The Morgan fingerprint density at radius 1 is 1.40 bits per heavy atom. The van der Waals surface area contributed by atoms with Gasteiger partial charge in [0.05, 0.1) is 0 Å². The number of aliphatic carboxylic acids is 1. The van der Waals surface area contributed by atoms with Crippen LogP contribution in [-0.4, -0.2) is 41.9 Å². The van der Waals surface area contributed by atoms with Crippen molar-refractivity contribution in [2.45, 2.75) is 13.0 Å². The summed E-state index contributed by atoms with van der Waals surface area (Å²) in [6.45, 7) is 1.26. The average molecular weight is 145 g/mol. The summed E-state index contributed by atoms with van der Waals surface area (Å²) >= 11 is 0. The van der Waals surface area contributed by atoms with Crippen molar-refractivity contribution in [1.29, 1.82) is 0 Å². The van der Waals surface area contributed by atoms with E-state index in [-0.39, 0.29) is 5.78 Å². The van der Waals surface area contributed by atoms with E-state index in [0.29, 0.717) is 0 Å². The minimum absolute atomic E-state index is 0.350. The minimum atomic E-state index is -1.10. The minimum Gasteiger partial charge on any atom is -0.480 e. The van der Waals surface area contributed by atoms with Gasteiger partial charge in [-0.3, -0.25) is 14.5 Å². The molecule has 1 unspecified atom stereocenters. The fourth-order valence-electron chi connectivity index (χ4n) is 0.758. The molecule has 0 bridgehead atoms. The molecule has 0 aliphatic rings. The Hall–Kier alpha value is -0.900. The molecule has 0 fully saturated rings. The molecular weight excluding hydrogens is 134 g/mol. The molecule has 0 aliphatic carbocycles. The van der Waals surface area contributed by atoms with Crippen molar-refractivity contribution in [1.82, 2.24) is 4.90 Å². The molecule has 0 aliphatic heterocycles. The molecule has 0 amide bonds. The highest BCUT2D eigenvalue weighted by atomic mass is 16.4. The zero-order valence-corrected chi connectivity index (χ0v) is 6.29. The molecule has 10 heavy (non-hydrogen) atoms. The summed E-state index contributed by atoms with van der Waals surface area (Å²) in [6.07, 6.45) is 0. The van der Waals surface area contributed by atoms with Crippen molar-refractivity contribution in [3.63, 3.8) is 0 Å². The number of nitrogens with zero attached hydrogens (tertiary/aromatic N) is 1. The van der Waals surface area contributed by atoms with Crippen LogP contribution >= 0.6 is 0 Å². The van der Waals surface area contributed by atoms with Crippen LogP contribution in [0, 0.1) is 0 Å². The summed E-state index contributed by atoms with van der Waals surface area (Å²) in [5.41, 5.74) is 0. The van der Waals surface area contributed by atoms with Crippen LogP contribution < -0.4 is 0 Å². The Bertz CT molecular complexity index is 139. The second-order valence-corrected chi connectivity index (χ2v) is 2.32. The van der Waals surface area contributed by atoms with E-state index in [9.17, 15) is 9.59 Å². The molecule has 1 N–H and O–H groups in total. The van der Waals surface area contributed by atoms with Gasteiger partial charge in [-0.25, -0.2) is 0 Å². The molecule has 0 aromatic rings. The third-order valence-corrected chi connectivity index (χ3v) is 1.14. The smallest absolute Gasteiger partial charge is 0.328 e. The van der Waals surface area contributed by atoms with E-state index in [0.717, 1.165) is 0 Å². The summed E-state index contributed by atoms with van der Waals surface area (Å²) in [4.78, 5) is 22.3. The fraction of sp³-hybridized carbons (Fsp3) is 0.667. The Morgan fingerprint density at radius 3 is 1.80 bits per heavy atom. The third-order valence-electron chi connectivity index (χ3n) is 1.14. The Morgan fingerprint density at radius 2 is 1.80 bits per heavy atom. The summed E-state index contributed by atoms with van der Waals surface area (Å²) in [5, 5.41) is 8.45.